The zero-order valence-electron chi connectivity index (χ0n) is 23.7. The largest absolute Gasteiger partial charge is 0.504 e. The lowest BCUT2D eigenvalue weighted by Gasteiger charge is -2.15. The van der Waals surface area contributed by atoms with Crippen LogP contribution in [-0.4, -0.2) is 36.2 Å². The highest BCUT2D eigenvalue weighted by Crippen LogP contribution is 2.41. The second-order valence-corrected chi connectivity index (χ2v) is 10.3. The van der Waals surface area contributed by atoms with Crippen molar-refractivity contribution in [1.82, 2.24) is 0 Å². The molecule has 0 unspecified atom stereocenters. The van der Waals surface area contributed by atoms with Gasteiger partial charge >= 0.3 is 5.97 Å². The number of carbonyl (C=O) groups excluding carboxylic acids is 1. The standard InChI is InChI=1S/C31H52O6/c1-25-24-27(36-2)31(37-3)30(35)29(25)26(32)22-20-18-16-14-12-10-8-6-4-5-7-9-11-13-15-17-19-21-23-28(33)34/h24,35H,4-23H2,1-3H3,(H,33,34). The van der Waals surface area contributed by atoms with Crippen LogP contribution >= 0.6 is 0 Å². The minimum absolute atomic E-state index is 0.0380. The van der Waals surface area contributed by atoms with Gasteiger partial charge in [-0.3, -0.25) is 9.59 Å². The first-order valence-electron chi connectivity index (χ1n) is 14.6. The van der Waals surface area contributed by atoms with E-state index in [2.05, 4.69) is 0 Å². The molecule has 0 aliphatic heterocycles. The molecule has 0 heterocycles. The normalized spacial score (nSPS) is 11.0. The summed E-state index contributed by atoms with van der Waals surface area (Å²) in [4.78, 5) is 23.1. The van der Waals surface area contributed by atoms with Gasteiger partial charge in [-0.05, 0) is 31.4 Å². The van der Waals surface area contributed by atoms with Gasteiger partial charge in [-0.2, -0.15) is 0 Å². The van der Waals surface area contributed by atoms with Crippen LogP contribution in [0.5, 0.6) is 17.2 Å². The molecule has 0 saturated carbocycles. The number of carboxylic acids is 1. The lowest BCUT2D eigenvalue weighted by Crippen LogP contribution is -2.05. The van der Waals surface area contributed by atoms with Crippen LogP contribution in [0, 0.1) is 6.92 Å². The number of hydrogen-bond donors (Lipinski definition) is 2. The molecule has 0 bridgehead atoms. The van der Waals surface area contributed by atoms with Gasteiger partial charge in [-0.15, -0.1) is 0 Å². The van der Waals surface area contributed by atoms with E-state index in [1.54, 1.807) is 6.07 Å². The molecule has 37 heavy (non-hydrogen) atoms. The Hall–Kier alpha value is -2.24. The number of carbonyl (C=O) groups is 2. The van der Waals surface area contributed by atoms with Crippen molar-refractivity contribution in [3.8, 4) is 17.2 Å². The number of aromatic hydroxyl groups is 1. The van der Waals surface area contributed by atoms with Crippen LogP contribution in [-0.2, 0) is 4.79 Å². The minimum atomic E-state index is -0.674. The van der Waals surface area contributed by atoms with Gasteiger partial charge in [0, 0.05) is 12.8 Å². The number of ether oxygens (including phenoxy) is 2. The average molecular weight is 521 g/mol. The first-order chi connectivity index (χ1) is 17.9. The van der Waals surface area contributed by atoms with E-state index in [1.807, 2.05) is 6.92 Å². The number of hydrogen-bond acceptors (Lipinski definition) is 5. The number of carboxylic acid groups (broad SMARTS) is 1. The number of rotatable bonds is 24. The number of aliphatic carboxylic acids is 1. The van der Waals surface area contributed by atoms with E-state index in [1.165, 1.54) is 97.7 Å². The highest BCUT2D eigenvalue weighted by atomic mass is 16.5. The summed E-state index contributed by atoms with van der Waals surface area (Å²) in [5.41, 5.74) is 1.06. The number of phenols is 1. The van der Waals surface area contributed by atoms with Gasteiger partial charge in [0.1, 0.15) is 0 Å². The lowest BCUT2D eigenvalue weighted by molar-refractivity contribution is -0.137. The van der Waals surface area contributed by atoms with Crippen molar-refractivity contribution in [1.29, 1.82) is 0 Å². The number of phenolic OH excluding ortho intramolecular Hbond substituents is 1. The number of unbranched alkanes of at least 4 members (excludes halogenated alkanes) is 17. The van der Waals surface area contributed by atoms with Gasteiger partial charge in [-0.1, -0.05) is 103 Å². The van der Waals surface area contributed by atoms with Gasteiger partial charge < -0.3 is 19.7 Å². The Bertz CT molecular complexity index is 773. The molecule has 0 aliphatic carbocycles. The highest BCUT2D eigenvalue weighted by molar-refractivity contribution is 6.01. The van der Waals surface area contributed by atoms with Gasteiger partial charge in [0.2, 0.25) is 5.75 Å². The van der Waals surface area contributed by atoms with Crippen LogP contribution in [0.1, 0.15) is 144 Å². The number of benzene rings is 1. The van der Waals surface area contributed by atoms with Gasteiger partial charge in [0.25, 0.3) is 0 Å². The number of Topliss-reactive ketones (excluding diaryl/α,β-unsaturated/α-hetero) is 1. The second kappa shape index (κ2) is 20.8. The average Bonchev–Trinajstić information content (AvgIpc) is 2.86. The third kappa shape index (κ3) is 14.3. The predicted molar refractivity (Wildman–Crippen MR) is 150 cm³/mol. The van der Waals surface area contributed by atoms with Crippen molar-refractivity contribution in [2.45, 2.75) is 135 Å². The van der Waals surface area contributed by atoms with Crippen LogP contribution in [0.15, 0.2) is 6.07 Å². The summed E-state index contributed by atoms with van der Waals surface area (Å²) >= 11 is 0. The summed E-state index contributed by atoms with van der Waals surface area (Å²) in [5, 5.41) is 19.1. The minimum Gasteiger partial charge on any atom is -0.504 e. The third-order valence-electron chi connectivity index (χ3n) is 7.16. The Labute approximate surface area is 225 Å². The molecular weight excluding hydrogens is 468 g/mol. The lowest BCUT2D eigenvalue weighted by atomic mass is 9.97. The van der Waals surface area contributed by atoms with Crippen molar-refractivity contribution in [3.63, 3.8) is 0 Å². The number of ketones is 1. The van der Waals surface area contributed by atoms with Crippen LogP contribution < -0.4 is 9.47 Å². The molecule has 0 radical (unpaired) electrons. The number of methoxy groups -OCH3 is 2. The van der Waals surface area contributed by atoms with E-state index in [0.29, 0.717) is 29.7 Å². The van der Waals surface area contributed by atoms with Gasteiger partial charge in [-0.25, -0.2) is 0 Å². The van der Waals surface area contributed by atoms with E-state index < -0.39 is 5.97 Å². The third-order valence-corrected chi connectivity index (χ3v) is 7.16. The first-order valence-corrected chi connectivity index (χ1v) is 14.6. The Morgan fingerprint density at radius 1 is 0.649 bits per heavy atom. The zero-order chi connectivity index (χ0) is 27.3. The Morgan fingerprint density at radius 2 is 1.03 bits per heavy atom. The number of aryl methyl sites for hydroxylation is 1. The summed E-state index contributed by atoms with van der Waals surface area (Å²) in [6.07, 6.45) is 22.6. The molecule has 0 saturated heterocycles. The van der Waals surface area contributed by atoms with E-state index in [-0.39, 0.29) is 17.3 Å². The van der Waals surface area contributed by atoms with Crippen LogP contribution in [0.25, 0.3) is 0 Å². The van der Waals surface area contributed by atoms with Crippen molar-refractivity contribution >= 4 is 11.8 Å². The maximum absolute atomic E-state index is 12.7. The molecule has 6 heteroatoms. The molecule has 0 fully saturated rings. The molecule has 1 aromatic carbocycles. The molecule has 6 nitrogen and oxygen atoms in total. The molecule has 0 amide bonds. The summed E-state index contributed by atoms with van der Waals surface area (Å²) in [6.45, 7) is 1.81. The molecule has 2 N–H and O–H groups in total. The first kappa shape index (κ1) is 32.8. The smallest absolute Gasteiger partial charge is 0.303 e. The second-order valence-electron chi connectivity index (χ2n) is 10.3. The fourth-order valence-electron chi connectivity index (χ4n) is 4.97. The van der Waals surface area contributed by atoms with Crippen molar-refractivity contribution in [2.75, 3.05) is 14.2 Å². The van der Waals surface area contributed by atoms with Crippen LogP contribution in [0.2, 0.25) is 0 Å². The molecular formula is C31H52O6. The van der Waals surface area contributed by atoms with E-state index in [4.69, 9.17) is 14.6 Å². The molecule has 0 atom stereocenters. The summed E-state index contributed by atoms with van der Waals surface area (Å²) in [5.74, 6) is -0.180. The molecule has 212 valence electrons. The van der Waals surface area contributed by atoms with Crippen LogP contribution in [0.3, 0.4) is 0 Å². The van der Waals surface area contributed by atoms with Crippen LogP contribution in [0.4, 0.5) is 0 Å². The summed E-state index contributed by atoms with van der Waals surface area (Å²) < 4.78 is 10.5. The van der Waals surface area contributed by atoms with Crippen molar-refractivity contribution < 1.29 is 29.3 Å². The highest BCUT2D eigenvalue weighted by Gasteiger charge is 2.21. The monoisotopic (exact) mass is 520 g/mol. The molecule has 0 aliphatic rings. The van der Waals surface area contributed by atoms with E-state index >= 15 is 0 Å². The molecule has 1 aromatic rings. The zero-order valence-corrected chi connectivity index (χ0v) is 23.7. The summed E-state index contributed by atoms with van der Waals surface area (Å²) in [6, 6.07) is 1.74. The topological polar surface area (TPSA) is 93.1 Å². The molecule has 0 spiro atoms. The van der Waals surface area contributed by atoms with Crippen molar-refractivity contribution in [2.24, 2.45) is 0 Å². The Morgan fingerprint density at radius 3 is 1.38 bits per heavy atom. The predicted octanol–water partition coefficient (Wildman–Crippen LogP) is 8.79. The summed E-state index contributed by atoms with van der Waals surface area (Å²) in [7, 11) is 2.97. The van der Waals surface area contributed by atoms with E-state index in [0.717, 1.165) is 32.1 Å². The maximum Gasteiger partial charge on any atom is 0.303 e. The van der Waals surface area contributed by atoms with Gasteiger partial charge in [0.05, 0.1) is 19.8 Å². The van der Waals surface area contributed by atoms with E-state index in [9.17, 15) is 14.7 Å². The molecule has 0 aromatic heterocycles. The SMILES string of the molecule is COc1cc(C)c(C(=O)CCCCCCCCCCCCCCCCCCCCC(=O)O)c(O)c1OC. The molecule has 1 rings (SSSR count). The van der Waals surface area contributed by atoms with Crippen molar-refractivity contribution in [3.05, 3.63) is 17.2 Å². The fourth-order valence-corrected chi connectivity index (χ4v) is 4.97. The maximum atomic E-state index is 12.7. The van der Waals surface area contributed by atoms with Gasteiger partial charge in [0.15, 0.2) is 17.3 Å². The Balaban J connectivity index is 1.95. The Kier molecular flexibility index (Phi) is 18.4. The fraction of sp³-hybridized carbons (Fsp3) is 0.742. The quantitative estimate of drug-likeness (QED) is 0.104.